The first-order chi connectivity index (χ1) is 9.08. The van der Waals surface area contributed by atoms with Gasteiger partial charge in [0.1, 0.15) is 24.8 Å². The topological polar surface area (TPSA) is 70.8 Å². The third-order valence-electron chi connectivity index (χ3n) is 2.57. The SMILES string of the molecule is CC[C@H](OC(N)=O)[C@@H](OCOC)c1ccc(F)cc1. The van der Waals surface area contributed by atoms with E-state index in [1.165, 1.54) is 19.2 Å². The van der Waals surface area contributed by atoms with Crippen molar-refractivity contribution in [2.24, 2.45) is 5.73 Å². The van der Waals surface area contributed by atoms with E-state index in [9.17, 15) is 9.18 Å². The number of hydrogen-bond acceptors (Lipinski definition) is 4. The lowest BCUT2D eigenvalue weighted by Gasteiger charge is -2.25. The number of hydrogen-bond donors (Lipinski definition) is 1. The van der Waals surface area contributed by atoms with Crippen LogP contribution in [0.3, 0.4) is 0 Å². The zero-order valence-corrected chi connectivity index (χ0v) is 11.0. The second-order valence-electron chi connectivity index (χ2n) is 3.93. The van der Waals surface area contributed by atoms with Gasteiger partial charge in [0.15, 0.2) is 0 Å². The summed E-state index contributed by atoms with van der Waals surface area (Å²) in [6.45, 7) is 1.86. The third-order valence-corrected chi connectivity index (χ3v) is 2.57. The molecule has 0 saturated carbocycles. The van der Waals surface area contributed by atoms with Crippen molar-refractivity contribution in [1.29, 1.82) is 0 Å². The van der Waals surface area contributed by atoms with E-state index in [1.807, 2.05) is 6.92 Å². The lowest BCUT2D eigenvalue weighted by atomic mass is 10.0. The molecule has 2 N–H and O–H groups in total. The molecule has 0 aliphatic carbocycles. The lowest BCUT2D eigenvalue weighted by Crippen LogP contribution is -2.30. The number of carbonyl (C=O) groups excluding carboxylic acids is 1. The van der Waals surface area contributed by atoms with Crippen molar-refractivity contribution < 1.29 is 23.4 Å². The van der Waals surface area contributed by atoms with E-state index in [4.69, 9.17) is 19.9 Å². The van der Waals surface area contributed by atoms with Gasteiger partial charge in [-0.2, -0.15) is 0 Å². The highest BCUT2D eigenvalue weighted by atomic mass is 19.1. The van der Waals surface area contributed by atoms with Gasteiger partial charge < -0.3 is 19.9 Å². The molecule has 1 aromatic carbocycles. The molecule has 0 heterocycles. The summed E-state index contributed by atoms with van der Waals surface area (Å²) in [7, 11) is 1.48. The van der Waals surface area contributed by atoms with Gasteiger partial charge in [-0.25, -0.2) is 9.18 Å². The van der Waals surface area contributed by atoms with Crippen LogP contribution in [0.5, 0.6) is 0 Å². The van der Waals surface area contributed by atoms with Crippen molar-refractivity contribution in [3.05, 3.63) is 35.6 Å². The number of primary amides is 1. The number of methoxy groups -OCH3 is 1. The van der Waals surface area contributed by atoms with Crippen LogP contribution in [0.1, 0.15) is 25.0 Å². The fourth-order valence-corrected chi connectivity index (χ4v) is 1.72. The van der Waals surface area contributed by atoms with Gasteiger partial charge >= 0.3 is 6.09 Å². The molecule has 6 heteroatoms. The van der Waals surface area contributed by atoms with Crippen molar-refractivity contribution in [2.45, 2.75) is 25.6 Å². The molecule has 0 fully saturated rings. The van der Waals surface area contributed by atoms with Crippen LogP contribution in [0.2, 0.25) is 0 Å². The van der Waals surface area contributed by atoms with Crippen molar-refractivity contribution >= 4 is 6.09 Å². The second kappa shape index (κ2) is 7.70. The van der Waals surface area contributed by atoms with Crippen molar-refractivity contribution in [2.75, 3.05) is 13.9 Å². The molecule has 5 nitrogen and oxygen atoms in total. The summed E-state index contributed by atoms with van der Waals surface area (Å²) in [6, 6.07) is 5.77. The van der Waals surface area contributed by atoms with Crippen LogP contribution in [0.25, 0.3) is 0 Å². The Balaban J connectivity index is 2.91. The standard InChI is InChI=1S/C13H18FNO4/c1-3-11(19-13(15)16)12(18-8-17-2)9-4-6-10(14)7-5-9/h4-7,11-12H,3,8H2,1-2H3,(H2,15,16)/t11-,12-/m0/s1. The molecular weight excluding hydrogens is 253 g/mol. The molecule has 1 amide bonds. The van der Waals surface area contributed by atoms with E-state index >= 15 is 0 Å². The predicted octanol–water partition coefficient (Wildman–Crippen LogP) is 2.36. The normalized spacial score (nSPS) is 13.8. The van der Waals surface area contributed by atoms with Crippen molar-refractivity contribution in [3.8, 4) is 0 Å². The van der Waals surface area contributed by atoms with Crippen LogP contribution in [-0.2, 0) is 14.2 Å². The van der Waals surface area contributed by atoms with Gasteiger partial charge in [0.25, 0.3) is 0 Å². The van der Waals surface area contributed by atoms with Gasteiger partial charge in [0.2, 0.25) is 0 Å². The maximum atomic E-state index is 12.9. The zero-order valence-electron chi connectivity index (χ0n) is 11.0. The average molecular weight is 271 g/mol. The number of carbonyl (C=O) groups is 1. The molecule has 0 aliphatic heterocycles. The minimum atomic E-state index is -0.875. The molecular formula is C13H18FNO4. The second-order valence-corrected chi connectivity index (χ2v) is 3.93. The number of halogens is 1. The van der Waals surface area contributed by atoms with Gasteiger partial charge in [0, 0.05) is 7.11 Å². The summed E-state index contributed by atoms with van der Waals surface area (Å²) in [6.07, 6.45) is -1.48. The van der Waals surface area contributed by atoms with Crippen LogP contribution in [0.15, 0.2) is 24.3 Å². The number of benzene rings is 1. The molecule has 0 spiro atoms. The predicted molar refractivity (Wildman–Crippen MR) is 66.8 cm³/mol. The van der Waals surface area contributed by atoms with Crippen LogP contribution in [0, 0.1) is 5.82 Å². The number of nitrogens with two attached hydrogens (primary N) is 1. The van der Waals surface area contributed by atoms with Gasteiger partial charge in [-0.05, 0) is 24.1 Å². The van der Waals surface area contributed by atoms with Gasteiger partial charge in [0.05, 0.1) is 0 Å². The first kappa shape index (κ1) is 15.4. The smallest absolute Gasteiger partial charge is 0.404 e. The third kappa shape index (κ3) is 4.84. The van der Waals surface area contributed by atoms with Crippen LogP contribution in [-0.4, -0.2) is 26.1 Å². The summed E-state index contributed by atoms with van der Waals surface area (Å²) in [4.78, 5) is 10.9. The Morgan fingerprint density at radius 3 is 2.47 bits per heavy atom. The van der Waals surface area contributed by atoms with Crippen LogP contribution in [0.4, 0.5) is 9.18 Å². The Bertz CT molecular complexity index is 396. The Morgan fingerprint density at radius 2 is 2.00 bits per heavy atom. The van der Waals surface area contributed by atoms with E-state index in [0.29, 0.717) is 12.0 Å². The molecule has 0 saturated heterocycles. The average Bonchev–Trinajstić information content (AvgIpc) is 2.39. The summed E-state index contributed by atoms with van der Waals surface area (Å²) >= 11 is 0. The van der Waals surface area contributed by atoms with E-state index in [1.54, 1.807) is 12.1 Å². The van der Waals surface area contributed by atoms with Crippen molar-refractivity contribution in [3.63, 3.8) is 0 Å². The number of rotatable bonds is 7. The molecule has 1 rings (SSSR count). The molecule has 0 radical (unpaired) electrons. The summed E-state index contributed by atoms with van der Waals surface area (Å²) in [5.41, 5.74) is 5.72. The number of amides is 1. The summed E-state index contributed by atoms with van der Waals surface area (Å²) < 4.78 is 28.3. The minimum absolute atomic E-state index is 0.0284. The Morgan fingerprint density at radius 1 is 1.37 bits per heavy atom. The Kier molecular flexibility index (Phi) is 6.24. The number of ether oxygens (including phenoxy) is 3. The molecule has 0 aromatic heterocycles. The fraction of sp³-hybridized carbons (Fsp3) is 0.462. The first-order valence-electron chi connectivity index (χ1n) is 5.90. The highest BCUT2D eigenvalue weighted by Gasteiger charge is 2.25. The molecule has 0 unspecified atom stereocenters. The summed E-state index contributed by atoms with van der Waals surface area (Å²) in [5.74, 6) is -0.349. The molecule has 2 atom stereocenters. The van der Waals surface area contributed by atoms with E-state index in [2.05, 4.69) is 0 Å². The first-order valence-corrected chi connectivity index (χ1v) is 5.90. The van der Waals surface area contributed by atoms with Gasteiger partial charge in [-0.3, -0.25) is 0 Å². The molecule has 0 aliphatic rings. The maximum absolute atomic E-state index is 12.9. The Hall–Kier alpha value is -1.66. The lowest BCUT2D eigenvalue weighted by molar-refractivity contribution is -0.116. The summed E-state index contributed by atoms with van der Waals surface area (Å²) in [5, 5.41) is 0. The Labute approximate surface area is 111 Å². The highest BCUT2D eigenvalue weighted by Crippen LogP contribution is 2.26. The minimum Gasteiger partial charge on any atom is -0.443 e. The molecule has 0 bridgehead atoms. The van der Waals surface area contributed by atoms with E-state index in [0.717, 1.165) is 0 Å². The van der Waals surface area contributed by atoms with E-state index < -0.39 is 18.3 Å². The van der Waals surface area contributed by atoms with Crippen LogP contribution < -0.4 is 5.73 Å². The molecule has 1 aromatic rings. The van der Waals surface area contributed by atoms with Gasteiger partial charge in [-0.15, -0.1) is 0 Å². The quantitative estimate of drug-likeness (QED) is 0.773. The maximum Gasteiger partial charge on any atom is 0.404 e. The van der Waals surface area contributed by atoms with Crippen molar-refractivity contribution in [1.82, 2.24) is 0 Å². The fourth-order valence-electron chi connectivity index (χ4n) is 1.72. The monoisotopic (exact) mass is 271 g/mol. The van der Waals surface area contributed by atoms with Crippen LogP contribution >= 0.6 is 0 Å². The zero-order chi connectivity index (χ0) is 14.3. The highest BCUT2D eigenvalue weighted by molar-refractivity contribution is 5.64. The van der Waals surface area contributed by atoms with Gasteiger partial charge in [-0.1, -0.05) is 19.1 Å². The molecule has 106 valence electrons. The van der Waals surface area contributed by atoms with E-state index in [-0.39, 0.29) is 12.6 Å². The largest absolute Gasteiger partial charge is 0.443 e. The molecule has 19 heavy (non-hydrogen) atoms.